The molecule has 0 fully saturated rings. The summed E-state index contributed by atoms with van der Waals surface area (Å²) < 4.78 is 0. The molecule has 1 heteroatoms. The van der Waals surface area contributed by atoms with E-state index in [4.69, 9.17) is 0 Å². The Morgan fingerprint density at radius 2 is 0.852 bits per heavy atom. The summed E-state index contributed by atoms with van der Waals surface area (Å²) in [5.41, 5.74) is 0. The summed E-state index contributed by atoms with van der Waals surface area (Å²) in [6.45, 7) is 13.2. The lowest BCUT2D eigenvalue weighted by atomic mass is 10.0. The molecule has 0 aromatic rings. The third-order valence-corrected chi connectivity index (χ3v) is 6.03. The zero-order valence-corrected chi connectivity index (χ0v) is 19.9. The molecule has 0 aliphatic carbocycles. The smallest absolute Gasteiger partial charge is 0.00189 e. The first-order chi connectivity index (χ1) is 13.2. The van der Waals surface area contributed by atoms with Gasteiger partial charge in [-0.1, -0.05) is 130 Å². The highest BCUT2D eigenvalue weighted by molar-refractivity contribution is 4.56. The van der Waals surface area contributed by atoms with E-state index in [2.05, 4.69) is 32.6 Å². The molecule has 0 aliphatic rings. The minimum atomic E-state index is 0.895. The van der Waals surface area contributed by atoms with Crippen LogP contribution in [-0.2, 0) is 0 Å². The molecule has 1 nitrogen and oxygen atoms in total. The molecule has 0 saturated carbocycles. The number of rotatable bonds is 22. The van der Waals surface area contributed by atoms with Gasteiger partial charge in [0.2, 0.25) is 0 Å². The van der Waals surface area contributed by atoms with E-state index in [0.717, 1.165) is 5.92 Å². The van der Waals surface area contributed by atoms with Crippen LogP contribution >= 0.6 is 0 Å². The molecular formula is C26H55N. The normalized spacial score (nSPS) is 11.8. The van der Waals surface area contributed by atoms with Crippen molar-refractivity contribution in [2.24, 2.45) is 5.92 Å². The van der Waals surface area contributed by atoms with E-state index in [1.807, 2.05) is 0 Å². The highest BCUT2D eigenvalue weighted by Crippen LogP contribution is 2.15. The molecule has 0 atom stereocenters. The quantitative estimate of drug-likeness (QED) is 0.169. The van der Waals surface area contributed by atoms with Crippen molar-refractivity contribution in [2.45, 2.75) is 143 Å². The summed E-state index contributed by atoms with van der Waals surface area (Å²) >= 11 is 0. The maximum Gasteiger partial charge on any atom is -0.00189 e. The third-order valence-electron chi connectivity index (χ3n) is 6.03. The van der Waals surface area contributed by atoms with Crippen molar-refractivity contribution in [1.29, 1.82) is 0 Å². The number of hydrogen-bond acceptors (Lipinski definition) is 1. The summed E-state index contributed by atoms with van der Waals surface area (Å²) in [6, 6.07) is 0. The Kier molecular flexibility index (Phi) is 22.2. The highest BCUT2D eigenvalue weighted by atomic mass is 15.1. The second kappa shape index (κ2) is 22.3. The second-order valence-electron chi connectivity index (χ2n) is 9.27. The van der Waals surface area contributed by atoms with Gasteiger partial charge in [0, 0.05) is 0 Å². The summed E-state index contributed by atoms with van der Waals surface area (Å²) in [5.74, 6) is 0.895. The van der Waals surface area contributed by atoms with Crippen LogP contribution in [0.2, 0.25) is 0 Å². The summed E-state index contributed by atoms with van der Waals surface area (Å²) in [4.78, 5) is 2.63. The van der Waals surface area contributed by atoms with Gasteiger partial charge in [-0.15, -0.1) is 0 Å². The molecule has 0 saturated heterocycles. The van der Waals surface area contributed by atoms with E-state index in [9.17, 15) is 0 Å². The Balaban J connectivity index is 3.12. The summed E-state index contributed by atoms with van der Waals surface area (Å²) in [7, 11) is 0. The molecular weight excluding hydrogens is 326 g/mol. The summed E-state index contributed by atoms with van der Waals surface area (Å²) in [5, 5.41) is 0. The maximum atomic E-state index is 2.63. The van der Waals surface area contributed by atoms with Gasteiger partial charge in [0.15, 0.2) is 0 Å². The lowest BCUT2D eigenvalue weighted by Gasteiger charge is -2.19. The second-order valence-corrected chi connectivity index (χ2v) is 9.27. The van der Waals surface area contributed by atoms with E-state index in [1.165, 1.54) is 135 Å². The van der Waals surface area contributed by atoms with E-state index < -0.39 is 0 Å². The lowest BCUT2D eigenvalue weighted by Crippen LogP contribution is -2.25. The molecule has 164 valence electrons. The van der Waals surface area contributed by atoms with Crippen molar-refractivity contribution in [3.05, 3.63) is 0 Å². The van der Waals surface area contributed by atoms with Crippen LogP contribution in [0.5, 0.6) is 0 Å². The lowest BCUT2D eigenvalue weighted by molar-refractivity contribution is 0.276. The predicted octanol–water partition coefficient (Wildman–Crippen LogP) is 9.01. The van der Waals surface area contributed by atoms with Gasteiger partial charge in [-0.3, -0.25) is 0 Å². The van der Waals surface area contributed by atoms with Crippen LogP contribution in [0.1, 0.15) is 143 Å². The average molecular weight is 382 g/mol. The largest absolute Gasteiger partial charge is 0.304 e. The minimum Gasteiger partial charge on any atom is -0.304 e. The van der Waals surface area contributed by atoms with Gasteiger partial charge in [0.1, 0.15) is 0 Å². The standard InChI is InChI=1S/C26H55N/c1-5-7-24-27(6-2)25-22-20-18-16-14-12-10-8-9-11-13-15-17-19-21-23-26(3)4/h26H,5-25H2,1-4H3. The number of nitrogens with zero attached hydrogens (tertiary/aromatic N) is 1. The van der Waals surface area contributed by atoms with Crippen molar-refractivity contribution < 1.29 is 0 Å². The molecule has 27 heavy (non-hydrogen) atoms. The molecule has 0 aliphatic heterocycles. The fourth-order valence-corrected chi connectivity index (χ4v) is 4.00. The number of unbranched alkanes of at least 4 members (excludes halogenated alkanes) is 15. The first-order valence-electron chi connectivity index (χ1n) is 12.9. The molecule has 0 spiro atoms. The van der Waals surface area contributed by atoms with Gasteiger partial charge in [0.05, 0.1) is 0 Å². The predicted molar refractivity (Wildman–Crippen MR) is 126 cm³/mol. The topological polar surface area (TPSA) is 3.24 Å². The fourth-order valence-electron chi connectivity index (χ4n) is 4.00. The first kappa shape index (κ1) is 27.0. The molecule has 0 radical (unpaired) electrons. The van der Waals surface area contributed by atoms with Gasteiger partial charge >= 0.3 is 0 Å². The summed E-state index contributed by atoms with van der Waals surface area (Å²) in [6.07, 6.45) is 26.1. The van der Waals surface area contributed by atoms with E-state index >= 15 is 0 Å². The zero-order chi connectivity index (χ0) is 20.0. The Morgan fingerprint density at radius 1 is 0.481 bits per heavy atom. The van der Waals surface area contributed by atoms with Crippen LogP contribution in [0.3, 0.4) is 0 Å². The van der Waals surface area contributed by atoms with Crippen molar-refractivity contribution in [3.8, 4) is 0 Å². The molecule has 0 heterocycles. The van der Waals surface area contributed by atoms with Crippen molar-refractivity contribution in [3.63, 3.8) is 0 Å². The Morgan fingerprint density at radius 3 is 1.22 bits per heavy atom. The molecule has 0 amide bonds. The van der Waals surface area contributed by atoms with Crippen LogP contribution in [0.4, 0.5) is 0 Å². The average Bonchev–Trinajstić information content (AvgIpc) is 2.66. The molecule has 0 bridgehead atoms. The van der Waals surface area contributed by atoms with Gasteiger partial charge in [-0.05, 0) is 38.4 Å². The molecule has 0 rings (SSSR count). The van der Waals surface area contributed by atoms with Gasteiger partial charge in [-0.2, -0.15) is 0 Å². The Labute approximate surface area is 174 Å². The molecule has 0 aromatic carbocycles. The van der Waals surface area contributed by atoms with Crippen LogP contribution in [0.15, 0.2) is 0 Å². The zero-order valence-electron chi connectivity index (χ0n) is 19.9. The monoisotopic (exact) mass is 381 g/mol. The SMILES string of the molecule is CCCCN(CC)CCCCCCCCCCCCCCCCCC(C)C. The van der Waals surface area contributed by atoms with Crippen molar-refractivity contribution in [1.82, 2.24) is 4.90 Å². The van der Waals surface area contributed by atoms with E-state index in [1.54, 1.807) is 0 Å². The number of hydrogen-bond donors (Lipinski definition) is 0. The van der Waals surface area contributed by atoms with Gasteiger partial charge in [0.25, 0.3) is 0 Å². The molecule has 0 aromatic heterocycles. The van der Waals surface area contributed by atoms with Gasteiger partial charge in [-0.25, -0.2) is 0 Å². The Bertz CT molecular complexity index is 261. The van der Waals surface area contributed by atoms with Crippen LogP contribution < -0.4 is 0 Å². The molecule has 0 unspecified atom stereocenters. The van der Waals surface area contributed by atoms with Crippen LogP contribution in [-0.4, -0.2) is 24.5 Å². The van der Waals surface area contributed by atoms with Crippen LogP contribution in [0, 0.1) is 5.92 Å². The highest BCUT2D eigenvalue weighted by Gasteiger charge is 2.01. The van der Waals surface area contributed by atoms with E-state index in [0.29, 0.717) is 0 Å². The third kappa shape index (κ3) is 22.1. The van der Waals surface area contributed by atoms with Gasteiger partial charge < -0.3 is 4.90 Å². The Hall–Kier alpha value is -0.0400. The maximum absolute atomic E-state index is 2.63. The van der Waals surface area contributed by atoms with E-state index in [-0.39, 0.29) is 0 Å². The minimum absolute atomic E-state index is 0.895. The fraction of sp³-hybridized carbons (Fsp3) is 1.00. The van der Waals surface area contributed by atoms with Crippen LogP contribution in [0.25, 0.3) is 0 Å². The first-order valence-corrected chi connectivity index (χ1v) is 12.9. The van der Waals surface area contributed by atoms with Crippen molar-refractivity contribution in [2.75, 3.05) is 19.6 Å². The molecule has 0 N–H and O–H groups in total. The van der Waals surface area contributed by atoms with Crippen molar-refractivity contribution >= 4 is 0 Å².